The molecule has 0 aromatic rings. The fourth-order valence-electron chi connectivity index (χ4n) is 1.54. The van der Waals surface area contributed by atoms with Crippen LogP contribution < -0.4 is 0 Å². The Morgan fingerprint density at radius 3 is 2.56 bits per heavy atom. The standard InChI is InChI=1S/C7H11NO/c1-9-8-6-4-7(5-6)2-3-7/h2-5H2,1H3. The first-order valence-corrected chi connectivity index (χ1v) is 3.44. The smallest absolute Gasteiger partial charge is 0.106 e. The second-order valence-electron chi connectivity index (χ2n) is 3.19. The summed E-state index contributed by atoms with van der Waals surface area (Å²) >= 11 is 0. The molecule has 2 nitrogen and oxygen atoms in total. The average Bonchev–Trinajstić information content (AvgIpc) is 2.45. The van der Waals surface area contributed by atoms with Crippen LogP contribution in [0.15, 0.2) is 5.16 Å². The van der Waals surface area contributed by atoms with Crippen molar-refractivity contribution >= 4 is 5.71 Å². The molecule has 0 unspecified atom stereocenters. The summed E-state index contributed by atoms with van der Waals surface area (Å²) in [5.74, 6) is 0. The Labute approximate surface area is 54.9 Å². The van der Waals surface area contributed by atoms with Crippen molar-refractivity contribution in [1.29, 1.82) is 0 Å². The van der Waals surface area contributed by atoms with E-state index in [4.69, 9.17) is 0 Å². The van der Waals surface area contributed by atoms with Crippen LogP contribution in [0, 0.1) is 5.41 Å². The molecule has 9 heavy (non-hydrogen) atoms. The second kappa shape index (κ2) is 1.49. The Kier molecular flexibility index (Phi) is 0.875. The zero-order chi connectivity index (χ0) is 6.32. The molecule has 0 atom stereocenters. The van der Waals surface area contributed by atoms with Gasteiger partial charge >= 0.3 is 0 Å². The van der Waals surface area contributed by atoms with Crippen LogP contribution in [0.1, 0.15) is 25.7 Å². The summed E-state index contributed by atoms with van der Waals surface area (Å²) in [7, 11) is 1.62. The zero-order valence-corrected chi connectivity index (χ0v) is 5.68. The topological polar surface area (TPSA) is 21.6 Å². The molecule has 2 saturated carbocycles. The SMILES string of the molecule is CON=C1CC2(CC2)C1. The van der Waals surface area contributed by atoms with Crippen molar-refractivity contribution in [2.45, 2.75) is 25.7 Å². The highest BCUT2D eigenvalue weighted by Gasteiger charge is 2.51. The lowest BCUT2D eigenvalue weighted by Crippen LogP contribution is -2.24. The van der Waals surface area contributed by atoms with E-state index in [9.17, 15) is 0 Å². The van der Waals surface area contributed by atoms with Crippen molar-refractivity contribution in [3.63, 3.8) is 0 Å². The Hall–Kier alpha value is -0.530. The van der Waals surface area contributed by atoms with Crippen LogP contribution in [0.4, 0.5) is 0 Å². The Bertz CT molecular complexity index is 148. The van der Waals surface area contributed by atoms with Gasteiger partial charge in [-0.2, -0.15) is 0 Å². The van der Waals surface area contributed by atoms with Crippen molar-refractivity contribution in [1.82, 2.24) is 0 Å². The van der Waals surface area contributed by atoms with Gasteiger partial charge in [0.05, 0.1) is 5.71 Å². The second-order valence-corrected chi connectivity index (χ2v) is 3.19. The van der Waals surface area contributed by atoms with Crippen molar-refractivity contribution in [2.24, 2.45) is 10.6 Å². The van der Waals surface area contributed by atoms with E-state index in [0.717, 1.165) is 5.41 Å². The van der Waals surface area contributed by atoms with E-state index in [0.29, 0.717) is 0 Å². The Balaban J connectivity index is 1.89. The van der Waals surface area contributed by atoms with E-state index in [2.05, 4.69) is 9.99 Å². The summed E-state index contributed by atoms with van der Waals surface area (Å²) < 4.78 is 0. The van der Waals surface area contributed by atoms with Gasteiger partial charge in [-0.05, 0) is 31.1 Å². The van der Waals surface area contributed by atoms with Crippen molar-refractivity contribution in [2.75, 3.05) is 7.11 Å². The van der Waals surface area contributed by atoms with Gasteiger partial charge < -0.3 is 4.84 Å². The minimum atomic E-state index is 0.733. The summed E-state index contributed by atoms with van der Waals surface area (Å²) in [5.41, 5.74) is 1.99. The summed E-state index contributed by atoms with van der Waals surface area (Å²) in [6.07, 6.45) is 5.27. The molecule has 0 aromatic heterocycles. The van der Waals surface area contributed by atoms with E-state index in [1.165, 1.54) is 31.4 Å². The van der Waals surface area contributed by atoms with Crippen LogP contribution in [0.25, 0.3) is 0 Å². The van der Waals surface area contributed by atoms with E-state index in [-0.39, 0.29) is 0 Å². The molecule has 0 aromatic carbocycles. The van der Waals surface area contributed by atoms with E-state index < -0.39 is 0 Å². The monoisotopic (exact) mass is 125 g/mol. The largest absolute Gasteiger partial charge is 0.399 e. The maximum Gasteiger partial charge on any atom is 0.106 e. The van der Waals surface area contributed by atoms with Crippen molar-refractivity contribution in [3.8, 4) is 0 Å². The number of rotatable bonds is 1. The average molecular weight is 125 g/mol. The van der Waals surface area contributed by atoms with Crippen molar-refractivity contribution < 1.29 is 4.84 Å². The highest BCUT2D eigenvalue weighted by molar-refractivity contribution is 5.92. The maximum atomic E-state index is 4.65. The molecular weight excluding hydrogens is 114 g/mol. The molecule has 0 aliphatic heterocycles. The van der Waals surface area contributed by atoms with E-state index >= 15 is 0 Å². The van der Waals surface area contributed by atoms with Crippen LogP contribution in [0.5, 0.6) is 0 Å². The van der Waals surface area contributed by atoms with Gasteiger partial charge in [-0.3, -0.25) is 0 Å². The summed E-state index contributed by atoms with van der Waals surface area (Å²) in [6.45, 7) is 0. The molecular formula is C7H11NO. The Morgan fingerprint density at radius 2 is 2.11 bits per heavy atom. The Morgan fingerprint density at radius 1 is 1.44 bits per heavy atom. The first-order valence-electron chi connectivity index (χ1n) is 3.44. The predicted molar refractivity (Wildman–Crippen MR) is 35.3 cm³/mol. The van der Waals surface area contributed by atoms with Crippen LogP contribution >= 0.6 is 0 Å². The quantitative estimate of drug-likeness (QED) is 0.487. The molecule has 2 rings (SSSR count). The molecule has 0 N–H and O–H groups in total. The first-order chi connectivity index (χ1) is 4.35. The number of nitrogens with zero attached hydrogens (tertiary/aromatic N) is 1. The fourth-order valence-corrected chi connectivity index (χ4v) is 1.54. The highest BCUT2D eigenvalue weighted by Crippen LogP contribution is 2.59. The molecule has 0 saturated heterocycles. The van der Waals surface area contributed by atoms with Gasteiger partial charge in [-0.25, -0.2) is 0 Å². The summed E-state index contributed by atoms with van der Waals surface area (Å²) in [6, 6.07) is 0. The van der Waals surface area contributed by atoms with Gasteiger partial charge in [0.2, 0.25) is 0 Å². The molecule has 2 heteroatoms. The molecule has 2 fully saturated rings. The van der Waals surface area contributed by atoms with Gasteiger partial charge in [-0.1, -0.05) is 5.16 Å². The lowest BCUT2D eigenvalue weighted by molar-refractivity contribution is 0.206. The fraction of sp³-hybridized carbons (Fsp3) is 0.857. The molecule has 0 heterocycles. The third-order valence-corrected chi connectivity index (χ3v) is 2.34. The minimum absolute atomic E-state index is 0.733. The molecule has 50 valence electrons. The van der Waals surface area contributed by atoms with Crippen molar-refractivity contribution in [3.05, 3.63) is 0 Å². The highest BCUT2D eigenvalue weighted by atomic mass is 16.6. The minimum Gasteiger partial charge on any atom is -0.399 e. The lowest BCUT2D eigenvalue weighted by Gasteiger charge is -2.26. The zero-order valence-electron chi connectivity index (χ0n) is 5.68. The van der Waals surface area contributed by atoms with Gasteiger partial charge in [0, 0.05) is 0 Å². The van der Waals surface area contributed by atoms with E-state index in [1.54, 1.807) is 7.11 Å². The van der Waals surface area contributed by atoms with E-state index in [1.807, 2.05) is 0 Å². The molecule has 0 radical (unpaired) electrons. The summed E-state index contributed by atoms with van der Waals surface area (Å²) in [5, 5.41) is 3.88. The summed E-state index contributed by atoms with van der Waals surface area (Å²) in [4.78, 5) is 4.65. The third kappa shape index (κ3) is 0.732. The maximum absolute atomic E-state index is 4.65. The number of hydrogen-bond acceptors (Lipinski definition) is 2. The van der Waals surface area contributed by atoms with Crippen LogP contribution in [-0.4, -0.2) is 12.8 Å². The predicted octanol–water partition coefficient (Wildman–Crippen LogP) is 1.56. The van der Waals surface area contributed by atoms with Crippen LogP contribution in [-0.2, 0) is 4.84 Å². The molecule has 0 amide bonds. The van der Waals surface area contributed by atoms with Crippen LogP contribution in [0.3, 0.4) is 0 Å². The molecule has 2 aliphatic carbocycles. The molecule has 0 bridgehead atoms. The van der Waals surface area contributed by atoms with Crippen LogP contribution in [0.2, 0.25) is 0 Å². The van der Waals surface area contributed by atoms with Gasteiger partial charge in [0.15, 0.2) is 0 Å². The normalized spacial score (nSPS) is 27.4. The number of hydrogen-bond donors (Lipinski definition) is 0. The third-order valence-electron chi connectivity index (χ3n) is 2.34. The van der Waals surface area contributed by atoms with Gasteiger partial charge in [-0.15, -0.1) is 0 Å². The molecule has 1 spiro atoms. The number of oxime groups is 1. The molecule has 2 aliphatic rings. The lowest BCUT2D eigenvalue weighted by atomic mass is 9.80. The van der Waals surface area contributed by atoms with Gasteiger partial charge in [0.25, 0.3) is 0 Å². The van der Waals surface area contributed by atoms with Gasteiger partial charge in [0.1, 0.15) is 7.11 Å². The first kappa shape index (κ1) is 5.27.